The van der Waals surface area contributed by atoms with Gasteiger partial charge in [-0.25, -0.2) is 0 Å². The zero-order valence-electron chi connectivity index (χ0n) is 9.20. The first-order valence-electron chi connectivity index (χ1n) is 4.79. The van der Waals surface area contributed by atoms with Crippen LogP contribution in [0.2, 0.25) is 5.15 Å². The van der Waals surface area contributed by atoms with Gasteiger partial charge in [0.25, 0.3) is 0 Å². The molecule has 1 heterocycles. The monoisotopic (exact) mass is 246 g/mol. The third kappa shape index (κ3) is 2.94. The highest BCUT2D eigenvalue weighted by atomic mass is 35.5. The number of carbonyl (C=O) groups is 1. The molecule has 0 aromatic carbocycles. The molecule has 1 aromatic heterocycles. The van der Waals surface area contributed by atoms with Gasteiger partial charge in [0.05, 0.1) is 5.69 Å². The molecule has 6 nitrogen and oxygen atoms in total. The maximum absolute atomic E-state index is 10.6. The molecule has 4 N–H and O–H groups in total. The number of amides is 1. The summed E-state index contributed by atoms with van der Waals surface area (Å²) >= 11 is 6.00. The number of primary amides is 1. The van der Waals surface area contributed by atoms with Crippen molar-refractivity contribution < 1.29 is 9.90 Å². The summed E-state index contributed by atoms with van der Waals surface area (Å²) in [5.41, 5.74) is 6.57. The van der Waals surface area contributed by atoms with Gasteiger partial charge in [-0.05, 0) is 6.92 Å². The first-order chi connectivity index (χ1) is 7.43. The van der Waals surface area contributed by atoms with Crippen LogP contribution in [0.3, 0.4) is 0 Å². The van der Waals surface area contributed by atoms with E-state index in [-0.39, 0.29) is 6.54 Å². The van der Waals surface area contributed by atoms with Crippen LogP contribution in [0.15, 0.2) is 0 Å². The summed E-state index contributed by atoms with van der Waals surface area (Å²) in [6, 6.07) is 0. The number of nitrogens with one attached hydrogen (secondary N) is 1. The summed E-state index contributed by atoms with van der Waals surface area (Å²) in [4.78, 5) is 10.6. The van der Waals surface area contributed by atoms with E-state index in [1.54, 1.807) is 11.7 Å². The van der Waals surface area contributed by atoms with Crippen LogP contribution in [0.4, 0.5) is 0 Å². The van der Waals surface area contributed by atoms with Crippen molar-refractivity contribution in [2.45, 2.75) is 19.6 Å². The minimum atomic E-state index is -1.18. The van der Waals surface area contributed by atoms with E-state index in [1.807, 2.05) is 6.92 Å². The summed E-state index contributed by atoms with van der Waals surface area (Å²) in [5.74, 6) is -0.749. The van der Waals surface area contributed by atoms with Gasteiger partial charge in [-0.15, -0.1) is 0 Å². The standard InChI is InChI=1S/C9H15ClN4O2/c1-5-6(8(10)14(2)13-5)3-12-4-7(15)9(11)16/h7,12,15H,3-4H2,1-2H3,(H2,11,16). The number of aromatic nitrogens is 2. The van der Waals surface area contributed by atoms with E-state index in [4.69, 9.17) is 22.4 Å². The summed E-state index contributed by atoms with van der Waals surface area (Å²) in [7, 11) is 1.75. The van der Waals surface area contributed by atoms with Gasteiger partial charge < -0.3 is 16.2 Å². The van der Waals surface area contributed by atoms with Gasteiger partial charge in [0.15, 0.2) is 0 Å². The van der Waals surface area contributed by atoms with Gasteiger partial charge in [0, 0.05) is 25.7 Å². The number of nitrogens with two attached hydrogens (primary N) is 1. The van der Waals surface area contributed by atoms with Gasteiger partial charge in [-0.3, -0.25) is 9.48 Å². The lowest BCUT2D eigenvalue weighted by Crippen LogP contribution is -2.37. The van der Waals surface area contributed by atoms with Crippen molar-refractivity contribution in [3.05, 3.63) is 16.4 Å². The fraction of sp³-hybridized carbons (Fsp3) is 0.556. The van der Waals surface area contributed by atoms with Crippen molar-refractivity contribution in [1.82, 2.24) is 15.1 Å². The van der Waals surface area contributed by atoms with Crippen molar-refractivity contribution in [2.75, 3.05) is 6.54 Å². The fourth-order valence-electron chi connectivity index (χ4n) is 1.31. The Balaban J connectivity index is 2.52. The van der Waals surface area contributed by atoms with Crippen molar-refractivity contribution in [2.24, 2.45) is 12.8 Å². The van der Waals surface area contributed by atoms with Crippen molar-refractivity contribution >= 4 is 17.5 Å². The Morgan fingerprint density at radius 2 is 2.38 bits per heavy atom. The summed E-state index contributed by atoms with van der Waals surface area (Å²) < 4.78 is 1.57. The van der Waals surface area contributed by atoms with E-state index in [9.17, 15) is 4.79 Å². The first-order valence-corrected chi connectivity index (χ1v) is 5.17. The van der Waals surface area contributed by atoms with Crippen LogP contribution in [0.25, 0.3) is 0 Å². The van der Waals surface area contributed by atoms with Crippen molar-refractivity contribution in [1.29, 1.82) is 0 Å². The number of aliphatic hydroxyl groups is 1. The lowest BCUT2D eigenvalue weighted by atomic mass is 10.2. The Morgan fingerprint density at radius 1 is 1.75 bits per heavy atom. The minimum absolute atomic E-state index is 0.0972. The molecule has 0 fully saturated rings. The van der Waals surface area contributed by atoms with Gasteiger partial charge in [0.1, 0.15) is 11.3 Å². The number of aliphatic hydroxyl groups excluding tert-OH is 1. The molecule has 0 aliphatic heterocycles. The summed E-state index contributed by atoms with van der Waals surface area (Å²) in [6.45, 7) is 2.37. The molecule has 90 valence electrons. The van der Waals surface area contributed by atoms with Crippen molar-refractivity contribution in [3.63, 3.8) is 0 Å². The molecule has 0 aliphatic carbocycles. The zero-order chi connectivity index (χ0) is 12.3. The number of nitrogens with zero attached hydrogens (tertiary/aromatic N) is 2. The lowest BCUT2D eigenvalue weighted by Gasteiger charge is -2.08. The van der Waals surface area contributed by atoms with Crippen LogP contribution in [0.1, 0.15) is 11.3 Å². The average Bonchev–Trinajstić information content (AvgIpc) is 2.44. The number of hydrogen-bond acceptors (Lipinski definition) is 4. The smallest absolute Gasteiger partial charge is 0.247 e. The molecule has 0 bridgehead atoms. The predicted octanol–water partition coefficient (Wildman–Crippen LogP) is -0.682. The van der Waals surface area contributed by atoms with Crippen LogP contribution >= 0.6 is 11.6 Å². The first kappa shape index (κ1) is 13.0. The van der Waals surface area contributed by atoms with Gasteiger partial charge >= 0.3 is 0 Å². The molecule has 1 unspecified atom stereocenters. The highest BCUT2D eigenvalue weighted by Gasteiger charge is 2.13. The maximum atomic E-state index is 10.6. The topological polar surface area (TPSA) is 93.2 Å². The average molecular weight is 247 g/mol. The number of aryl methyl sites for hydroxylation is 2. The van der Waals surface area contributed by atoms with Crippen LogP contribution in [0.5, 0.6) is 0 Å². The molecular weight excluding hydrogens is 232 g/mol. The van der Waals surface area contributed by atoms with E-state index in [0.29, 0.717) is 11.7 Å². The Hall–Kier alpha value is -1.11. The van der Waals surface area contributed by atoms with E-state index in [0.717, 1.165) is 11.3 Å². The normalized spacial score (nSPS) is 12.8. The van der Waals surface area contributed by atoms with Gasteiger partial charge in [-0.2, -0.15) is 5.10 Å². The van der Waals surface area contributed by atoms with Crippen LogP contribution < -0.4 is 11.1 Å². The van der Waals surface area contributed by atoms with Gasteiger partial charge in [-0.1, -0.05) is 11.6 Å². The predicted molar refractivity (Wildman–Crippen MR) is 59.9 cm³/mol. The molecule has 0 radical (unpaired) electrons. The quantitative estimate of drug-likeness (QED) is 0.642. The highest BCUT2D eigenvalue weighted by molar-refractivity contribution is 6.30. The molecule has 1 atom stereocenters. The second-order valence-electron chi connectivity index (χ2n) is 3.53. The minimum Gasteiger partial charge on any atom is -0.382 e. The van der Waals surface area contributed by atoms with Crippen LogP contribution in [-0.4, -0.2) is 33.4 Å². The number of rotatable bonds is 5. The largest absolute Gasteiger partial charge is 0.382 e. The molecule has 0 aliphatic rings. The molecular formula is C9H15ClN4O2. The number of hydrogen-bond donors (Lipinski definition) is 3. The van der Waals surface area contributed by atoms with E-state index in [2.05, 4.69) is 10.4 Å². The Labute approximate surface area is 98.4 Å². The third-order valence-corrected chi connectivity index (χ3v) is 2.71. The van der Waals surface area contributed by atoms with Gasteiger partial charge in [0.2, 0.25) is 5.91 Å². The second-order valence-corrected chi connectivity index (χ2v) is 3.89. The van der Waals surface area contributed by atoms with Crippen molar-refractivity contribution in [3.8, 4) is 0 Å². The molecule has 16 heavy (non-hydrogen) atoms. The molecule has 0 saturated carbocycles. The Morgan fingerprint density at radius 3 is 2.81 bits per heavy atom. The molecule has 1 amide bonds. The van der Waals surface area contributed by atoms with Crippen LogP contribution in [0, 0.1) is 6.92 Å². The van der Waals surface area contributed by atoms with E-state index in [1.165, 1.54) is 0 Å². The Kier molecular flexibility index (Phi) is 4.28. The molecule has 0 saturated heterocycles. The maximum Gasteiger partial charge on any atom is 0.247 e. The fourth-order valence-corrected chi connectivity index (χ4v) is 1.55. The third-order valence-electron chi connectivity index (χ3n) is 2.24. The molecule has 0 spiro atoms. The number of halogens is 1. The summed E-state index contributed by atoms with van der Waals surface area (Å²) in [5, 5.41) is 16.7. The summed E-state index contributed by atoms with van der Waals surface area (Å²) in [6.07, 6.45) is -1.18. The molecule has 1 rings (SSSR count). The zero-order valence-corrected chi connectivity index (χ0v) is 9.95. The SMILES string of the molecule is Cc1nn(C)c(Cl)c1CNCC(O)C(N)=O. The molecule has 1 aromatic rings. The highest BCUT2D eigenvalue weighted by Crippen LogP contribution is 2.17. The molecule has 7 heteroatoms. The second kappa shape index (κ2) is 5.29. The van der Waals surface area contributed by atoms with Crippen LogP contribution in [-0.2, 0) is 18.4 Å². The van der Waals surface area contributed by atoms with E-state index >= 15 is 0 Å². The lowest BCUT2D eigenvalue weighted by molar-refractivity contribution is -0.125. The number of carbonyl (C=O) groups excluding carboxylic acids is 1. The van der Waals surface area contributed by atoms with E-state index < -0.39 is 12.0 Å². The Bertz CT molecular complexity index is 391.